The molecule has 4 aromatic carbocycles. The molecule has 46 heavy (non-hydrogen) atoms. The van der Waals surface area contributed by atoms with Crippen LogP contribution in [0.3, 0.4) is 0 Å². The fourth-order valence-electron chi connectivity index (χ4n) is 4.89. The molecule has 0 aromatic heterocycles. The Morgan fingerprint density at radius 3 is 2.11 bits per heavy atom. The molecule has 4 rings (SSSR count). The molecule has 11 heteroatoms. The van der Waals surface area contributed by atoms with E-state index in [0.29, 0.717) is 33.6 Å². The van der Waals surface area contributed by atoms with Gasteiger partial charge in [-0.05, 0) is 66.1 Å². The van der Waals surface area contributed by atoms with Crippen LogP contribution in [-0.2, 0) is 32.6 Å². The van der Waals surface area contributed by atoms with Gasteiger partial charge in [-0.25, -0.2) is 8.42 Å². The smallest absolute Gasteiger partial charge is 0.264 e. The first-order valence-electron chi connectivity index (χ1n) is 14.9. The van der Waals surface area contributed by atoms with E-state index in [1.54, 1.807) is 60.7 Å². The van der Waals surface area contributed by atoms with Gasteiger partial charge in [0.05, 0.1) is 27.7 Å². The maximum Gasteiger partial charge on any atom is 0.264 e. The second-order valence-corrected chi connectivity index (χ2v) is 13.3. The lowest BCUT2D eigenvalue weighted by Crippen LogP contribution is -2.53. The molecule has 0 unspecified atom stereocenters. The third kappa shape index (κ3) is 9.02. The number of ether oxygens (including phenoxy) is 1. The second kappa shape index (κ2) is 16.5. The van der Waals surface area contributed by atoms with Crippen molar-refractivity contribution in [2.24, 2.45) is 0 Å². The number of rotatable bonds is 15. The molecule has 2 amide bonds. The number of anilines is 1. The Bertz CT molecular complexity index is 1710. The van der Waals surface area contributed by atoms with Crippen molar-refractivity contribution in [1.82, 2.24) is 10.2 Å². The topological polar surface area (TPSA) is 96.0 Å². The van der Waals surface area contributed by atoms with Gasteiger partial charge in [-0.15, -0.1) is 0 Å². The molecule has 0 saturated heterocycles. The quantitative estimate of drug-likeness (QED) is 0.140. The lowest BCUT2D eigenvalue weighted by molar-refractivity contribution is -0.140. The molecule has 8 nitrogen and oxygen atoms in total. The van der Waals surface area contributed by atoms with E-state index in [0.717, 1.165) is 22.7 Å². The van der Waals surface area contributed by atoms with Gasteiger partial charge in [-0.2, -0.15) is 0 Å². The number of sulfonamides is 1. The lowest BCUT2D eigenvalue weighted by atomic mass is 10.0. The van der Waals surface area contributed by atoms with Crippen LogP contribution in [0.15, 0.2) is 108 Å². The van der Waals surface area contributed by atoms with Gasteiger partial charge in [0.15, 0.2) is 0 Å². The average molecular weight is 683 g/mol. The van der Waals surface area contributed by atoms with Crippen molar-refractivity contribution in [3.05, 3.63) is 124 Å². The van der Waals surface area contributed by atoms with Gasteiger partial charge >= 0.3 is 0 Å². The molecular weight excluding hydrogens is 645 g/mol. The van der Waals surface area contributed by atoms with Gasteiger partial charge in [0.1, 0.15) is 18.3 Å². The Morgan fingerprint density at radius 2 is 1.50 bits per heavy atom. The monoisotopic (exact) mass is 681 g/mol. The Morgan fingerprint density at radius 1 is 0.848 bits per heavy atom. The standard InChI is InChI=1S/C35H37Cl2N3O5S/c1-3-4-21-38-35(42)33(23-26-11-7-5-8-12-26)39(24-27-15-20-31(36)32(37)22-27)34(41)25-40(28-13-9-6-10-14-28)46(43,44)30-18-16-29(45-2)17-19-30/h5-20,22,33H,3-4,21,23-25H2,1-2H3,(H,38,42)/t33-/m1/s1. The molecule has 0 saturated carbocycles. The van der Waals surface area contributed by atoms with E-state index in [1.165, 1.54) is 24.1 Å². The van der Waals surface area contributed by atoms with E-state index in [-0.39, 0.29) is 23.8 Å². The third-order valence-electron chi connectivity index (χ3n) is 7.41. The molecule has 0 bridgehead atoms. The fraction of sp³-hybridized carbons (Fsp3) is 0.257. The highest BCUT2D eigenvalue weighted by Crippen LogP contribution is 2.27. The van der Waals surface area contributed by atoms with E-state index >= 15 is 0 Å². The highest BCUT2D eigenvalue weighted by atomic mass is 35.5. The molecule has 0 heterocycles. The van der Waals surface area contributed by atoms with Crippen molar-refractivity contribution < 1.29 is 22.7 Å². The van der Waals surface area contributed by atoms with Gasteiger partial charge < -0.3 is 15.0 Å². The van der Waals surface area contributed by atoms with Crippen LogP contribution in [0.5, 0.6) is 5.75 Å². The summed E-state index contributed by atoms with van der Waals surface area (Å²) in [5.41, 5.74) is 1.77. The molecule has 242 valence electrons. The van der Waals surface area contributed by atoms with E-state index < -0.39 is 28.5 Å². The molecule has 0 aliphatic carbocycles. The molecule has 0 spiro atoms. The maximum absolute atomic E-state index is 14.5. The van der Waals surface area contributed by atoms with Gasteiger partial charge in [0, 0.05) is 19.5 Å². The number of amides is 2. The minimum absolute atomic E-state index is 0.0143. The summed E-state index contributed by atoms with van der Waals surface area (Å²) in [6, 6.07) is 27.8. The summed E-state index contributed by atoms with van der Waals surface area (Å²) in [6.07, 6.45) is 1.86. The maximum atomic E-state index is 14.5. The highest BCUT2D eigenvalue weighted by molar-refractivity contribution is 7.92. The number of methoxy groups -OCH3 is 1. The van der Waals surface area contributed by atoms with Gasteiger partial charge in [-0.3, -0.25) is 13.9 Å². The molecule has 1 atom stereocenters. The number of hydrogen-bond acceptors (Lipinski definition) is 5. The van der Waals surface area contributed by atoms with Crippen LogP contribution in [0, 0.1) is 0 Å². The molecule has 4 aromatic rings. The van der Waals surface area contributed by atoms with Crippen molar-refractivity contribution in [1.29, 1.82) is 0 Å². The summed E-state index contributed by atoms with van der Waals surface area (Å²) in [4.78, 5) is 29.7. The highest BCUT2D eigenvalue weighted by Gasteiger charge is 2.34. The van der Waals surface area contributed by atoms with E-state index in [2.05, 4.69) is 5.32 Å². The zero-order valence-corrected chi connectivity index (χ0v) is 28.1. The zero-order chi connectivity index (χ0) is 33.1. The van der Waals surface area contributed by atoms with Crippen molar-refractivity contribution >= 4 is 50.7 Å². The molecule has 1 N–H and O–H groups in total. The minimum atomic E-state index is -4.22. The van der Waals surface area contributed by atoms with Crippen LogP contribution >= 0.6 is 23.2 Å². The Kier molecular flexibility index (Phi) is 12.5. The predicted octanol–water partition coefficient (Wildman–Crippen LogP) is 6.75. The van der Waals surface area contributed by atoms with Crippen LogP contribution in [-0.4, -0.2) is 51.4 Å². The third-order valence-corrected chi connectivity index (χ3v) is 9.94. The van der Waals surface area contributed by atoms with Crippen LogP contribution in [0.1, 0.15) is 30.9 Å². The van der Waals surface area contributed by atoms with Crippen molar-refractivity contribution in [2.75, 3.05) is 24.5 Å². The number of nitrogens with zero attached hydrogens (tertiary/aromatic N) is 2. The number of nitrogens with one attached hydrogen (secondary N) is 1. The minimum Gasteiger partial charge on any atom is -0.497 e. The summed E-state index contributed by atoms with van der Waals surface area (Å²) >= 11 is 12.5. The molecule has 0 aliphatic rings. The van der Waals surface area contributed by atoms with Gasteiger partial charge in [0.2, 0.25) is 11.8 Å². The lowest BCUT2D eigenvalue weighted by Gasteiger charge is -2.34. The van der Waals surface area contributed by atoms with Crippen molar-refractivity contribution in [2.45, 2.75) is 43.7 Å². The number of unbranched alkanes of at least 4 members (excludes halogenated alkanes) is 1. The Balaban J connectivity index is 1.78. The fourth-order valence-corrected chi connectivity index (χ4v) is 6.63. The van der Waals surface area contributed by atoms with E-state index in [4.69, 9.17) is 27.9 Å². The first-order chi connectivity index (χ1) is 22.1. The van der Waals surface area contributed by atoms with Crippen molar-refractivity contribution in [3.63, 3.8) is 0 Å². The largest absolute Gasteiger partial charge is 0.497 e. The molecule has 0 radical (unpaired) electrons. The van der Waals surface area contributed by atoms with E-state index in [1.807, 2.05) is 37.3 Å². The van der Waals surface area contributed by atoms with Crippen LogP contribution in [0.2, 0.25) is 10.0 Å². The first-order valence-corrected chi connectivity index (χ1v) is 17.1. The summed E-state index contributed by atoms with van der Waals surface area (Å²) in [6.45, 7) is 1.89. The summed E-state index contributed by atoms with van der Waals surface area (Å²) < 4.78 is 34.5. The normalized spacial score (nSPS) is 11.8. The summed E-state index contributed by atoms with van der Waals surface area (Å²) in [5, 5.41) is 3.62. The Labute approximate surface area is 280 Å². The average Bonchev–Trinajstić information content (AvgIpc) is 3.07. The first kappa shape index (κ1) is 34.8. The summed E-state index contributed by atoms with van der Waals surface area (Å²) in [7, 11) is -2.73. The number of carbonyl (C=O) groups is 2. The Hall–Kier alpha value is -4.05. The number of benzene rings is 4. The van der Waals surface area contributed by atoms with E-state index in [9.17, 15) is 18.0 Å². The van der Waals surface area contributed by atoms with Crippen LogP contribution < -0.4 is 14.4 Å². The SMILES string of the molecule is CCCCNC(=O)[C@@H](Cc1ccccc1)N(Cc1ccc(Cl)c(Cl)c1)C(=O)CN(c1ccccc1)S(=O)(=O)c1ccc(OC)cc1. The summed E-state index contributed by atoms with van der Waals surface area (Å²) in [5.74, 6) is -0.416. The number of hydrogen-bond donors (Lipinski definition) is 1. The predicted molar refractivity (Wildman–Crippen MR) is 183 cm³/mol. The second-order valence-electron chi connectivity index (χ2n) is 10.6. The number of carbonyl (C=O) groups excluding carboxylic acids is 2. The van der Waals surface area contributed by atoms with Gasteiger partial charge in [0.25, 0.3) is 10.0 Å². The molecule has 0 aliphatic heterocycles. The molecule has 0 fully saturated rings. The van der Waals surface area contributed by atoms with Crippen molar-refractivity contribution in [3.8, 4) is 5.75 Å². The van der Waals surface area contributed by atoms with Crippen LogP contribution in [0.25, 0.3) is 0 Å². The number of halogens is 2. The van der Waals surface area contributed by atoms with Gasteiger partial charge in [-0.1, -0.05) is 91.1 Å². The molecular formula is C35H37Cl2N3O5S. The van der Waals surface area contributed by atoms with Crippen LogP contribution in [0.4, 0.5) is 5.69 Å². The zero-order valence-electron chi connectivity index (χ0n) is 25.7. The number of para-hydroxylation sites is 1.